The highest BCUT2D eigenvalue weighted by molar-refractivity contribution is 5.93. The van der Waals surface area contributed by atoms with E-state index in [-0.39, 0.29) is 11.5 Å². The lowest BCUT2D eigenvalue weighted by Crippen LogP contribution is -2.11. The molecule has 66 heavy (non-hydrogen) atoms. The Labute approximate surface area is 392 Å². The molecule has 0 N–H and O–H groups in total. The fourth-order valence-corrected chi connectivity index (χ4v) is 7.36. The van der Waals surface area contributed by atoms with Crippen LogP contribution in [0.2, 0.25) is 0 Å². The number of hydrogen-bond donors (Lipinski definition) is 0. The van der Waals surface area contributed by atoms with E-state index in [0.29, 0.717) is 49.4 Å². The van der Waals surface area contributed by atoms with Crippen molar-refractivity contribution in [2.75, 3.05) is 39.6 Å². The van der Waals surface area contributed by atoms with Gasteiger partial charge in [0, 0.05) is 57.8 Å². The molecule has 0 amide bonds. The van der Waals surface area contributed by atoms with Gasteiger partial charge in [-0.15, -0.1) is 0 Å². The maximum absolute atomic E-state index is 13.0. The van der Waals surface area contributed by atoms with E-state index in [2.05, 4.69) is 37.7 Å². The highest BCUT2D eigenvalue weighted by atomic mass is 16.5. The lowest BCUT2D eigenvalue weighted by molar-refractivity contribution is 0.0732. The molecule has 0 atom stereocenters. The third-order valence-corrected chi connectivity index (χ3v) is 10.8. The van der Waals surface area contributed by atoms with Crippen LogP contribution < -0.4 is 18.9 Å². The molecule has 10 heteroatoms. The normalized spacial score (nSPS) is 11.5. The number of ether oxygens (including phenoxy) is 6. The molecule has 5 aromatic carbocycles. The van der Waals surface area contributed by atoms with Crippen molar-refractivity contribution in [1.82, 2.24) is 0 Å². The van der Waals surface area contributed by atoms with Crippen molar-refractivity contribution in [2.24, 2.45) is 21.8 Å². The Bertz CT molecular complexity index is 2040. The van der Waals surface area contributed by atoms with Crippen molar-refractivity contribution in [3.63, 3.8) is 0 Å². The third kappa shape index (κ3) is 18.8. The molecule has 0 heterocycles. The lowest BCUT2D eigenvalue weighted by atomic mass is 9.99. The second-order valence-electron chi connectivity index (χ2n) is 16.4. The molecule has 0 aliphatic heterocycles. The van der Waals surface area contributed by atoms with Crippen LogP contribution in [0.4, 0.5) is 11.4 Å². The zero-order chi connectivity index (χ0) is 46.6. The average molecular weight is 897 g/mol. The monoisotopic (exact) mass is 896 g/mol. The first kappa shape index (κ1) is 50.9. The van der Waals surface area contributed by atoms with Gasteiger partial charge in [-0.2, -0.15) is 0 Å². The van der Waals surface area contributed by atoms with Gasteiger partial charge in [-0.1, -0.05) is 83.7 Å². The Morgan fingerprint density at radius 2 is 0.848 bits per heavy atom. The van der Waals surface area contributed by atoms with Crippen molar-refractivity contribution in [2.45, 2.75) is 91.9 Å². The molecule has 0 saturated carbocycles. The van der Waals surface area contributed by atoms with Gasteiger partial charge in [0.2, 0.25) is 0 Å². The Morgan fingerprint density at radius 1 is 0.470 bits per heavy atom. The van der Waals surface area contributed by atoms with Gasteiger partial charge in [-0.25, -0.2) is 9.59 Å². The van der Waals surface area contributed by atoms with Crippen LogP contribution in [0.15, 0.2) is 131 Å². The van der Waals surface area contributed by atoms with Gasteiger partial charge in [-0.05, 0) is 134 Å². The second-order valence-corrected chi connectivity index (χ2v) is 16.4. The van der Waals surface area contributed by atoms with Gasteiger partial charge in [-0.3, -0.25) is 9.98 Å². The molecule has 0 fully saturated rings. The van der Waals surface area contributed by atoms with Crippen LogP contribution in [-0.4, -0.2) is 64.0 Å². The first-order valence-corrected chi connectivity index (χ1v) is 23.8. The summed E-state index contributed by atoms with van der Waals surface area (Å²) in [5, 5.41) is 0. The van der Waals surface area contributed by atoms with Gasteiger partial charge in [0.1, 0.15) is 23.0 Å². The maximum Gasteiger partial charge on any atom is 0.343 e. The van der Waals surface area contributed by atoms with Crippen LogP contribution in [0, 0.1) is 11.8 Å². The highest BCUT2D eigenvalue weighted by Gasteiger charge is 2.13. The van der Waals surface area contributed by atoms with E-state index in [0.717, 1.165) is 60.1 Å². The van der Waals surface area contributed by atoms with Crippen molar-refractivity contribution in [1.29, 1.82) is 0 Å². The van der Waals surface area contributed by atoms with Crippen molar-refractivity contribution in [3.05, 3.63) is 144 Å². The minimum absolute atomic E-state index is 0.244. The van der Waals surface area contributed by atoms with Crippen molar-refractivity contribution < 1.29 is 38.0 Å². The molecule has 350 valence electrons. The lowest BCUT2D eigenvalue weighted by Gasteiger charge is -2.15. The summed E-state index contributed by atoms with van der Waals surface area (Å²) in [5.41, 5.74) is 3.94. The predicted molar refractivity (Wildman–Crippen MR) is 265 cm³/mol. The molecule has 5 rings (SSSR count). The van der Waals surface area contributed by atoms with Crippen molar-refractivity contribution in [3.8, 4) is 23.0 Å². The van der Waals surface area contributed by atoms with E-state index in [1.807, 2.05) is 48.5 Å². The number of benzene rings is 5. The summed E-state index contributed by atoms with van der Waals surface area (Å²) in [6.07, 6.45) is 14.8. The number of rotatable bonds is 30. The molecule has 0 aliphatic rings. The average Bonchev–Trinajstić information content (AvgIpc) is 3.33. The molecule has 0 spiro atoms. The zero-order valence-corrected chi connectivity index (χ0v) is 39.3. The number of aliphatic imine (C=N–C) groups is 2. The van der Waals surface area contributed by atoms with Crippen LogP contribution in [0.1, 0.15) is 124 Å². The molecule has 0 bridgehead atoms. The summed E-state index contributed by atoms with van der Waals surface area (Å²) in [6, 6.07) is 35.6. The highest BCUT2D eigenvalue weighted by Crippen LogP contribution is 2.24. The quantitative estimate of drug-likeness (QED) is 0.0194. The third-order valence-electron chi connectivity index (χ3n) is 10.8. The molecule has 5 aromatic rings. The van der Waals surface area contributed by atoms with E-state index in [4.69, 9.17) is 28.4 Å². The standard InChI is InChI=1S/C56H68N2O8/c1-5-12-45(13-6-2)41-61-34-10-36-63-51-30-26-49(27-31-51)57-39-43-18-22-47(23-19-43)55(59)65-53-16-9-17-54(38-53)66-56(60)48-24-20-44(21-25-48)40-58-50-28-32-52(33-29-50)64-37-11-35-62-42-46(14-7-3)15-8-4/h9,16-33,38-40,45-46H,5-8,10-15,34-37,41-42H2,1-4H3. The van der Waals surface area contributed by atoms with Crippen LogP contribution in [0.25, 0.3) is 0 Å². The Morgan fingerprint density at radius 3 is 1.21 bits per heavy atom. The summed E-state index contributed by atoms with van der Waals surface area (Å²) in [6.45, 7) is 13.2. The summed E-state index contributed by atoms with van der Waals surface area (Å²) in [7, 11) is 0. The minimum atomic E-state index is -0.544. The van der Waals surface area contributed by atoms with Gasteiger partial charge in [0.05, 0.1) is 35.7 Å². The predicted octanol–water partition coefficient (Wildman–Crippen LogP) is 13.6. The zero-order valence-electron chi connectivity index (χ0n) is 39.3. The van der Waals surface area contributed by atoms with Crippen molar-refractivity contribution >= 4 is 35.7 Å². The number of nitrogens with zero attached hydrogens (tertiary/aromatic N) is 2. The van der Waals surface area contributed by atoms with Crippen LogP contribution in [0.5, 0.6) is 23.0 Å². The van der Waals surface area contributed by atoms with Gasteiger partial charge < -0.3 is 28.4 Å². The number of carbonyl (C=O) groups is 2. The fraction of sp³-hybridized carbons (Fsp3) is 0.393. The minimum Gasteiger partial charge on any atom is -0.494 e. The summed E-state index contributed by atoms with van der Waals surface area (Å²) in [4.78, 5) is 35.1. The maximum atomic E-state index is 13.0. The Hall–Kier alpha value is -6.10. The topological polar surface area (TPSA) is 114 Å². The van der Waals surface area contributed by atoms with Gasteiger partial charge in [0.15, 0.2) is 0 Å². The van der Waals surface area contributed by atoms with Crippen LogP contribution >= 0.6 is 0 Å². The summed E-state index contributed by atoms with van der Waals surface area (Å²) >= 11 is 0. The Kier molecular flexibility index (Phi) is 22.7. The molecule has 0 aromatic heterocycles. The van der Waals surface area contributed by atoms with Gasteiger partial charge >= 0.3 is 11.9 Å². The largest absolute Gasteiger partial charge is 0.494 e. The molecule has 0 unspecified atom stereocenters. The molecular weight excluding hydrogens is 829 g/mol. The van der Waals surface area contributed by atoms with E-state index >= 15 is 0 Å². The Balaban J connectivity index is 0.999. The fourth-order valence-electron chi connectivity index (χ4n) is 7.36. The molecule has 10 nitrogen and oxygen atoms in total. The molecule has 0 aliphatic carbocycles. The van der Waals surface area contributed by atoms with Crippen LogP contribution in [-0.2, 0) is 9.47 Å². The number of hydrogen-bond acceptors (Lipinski definition) is 10. The number of esters is 2. The van der Waals surface area contributed by atoms with Crippen LogP contribution in [0.3, 0.4) is 0 Å². The smallest absolute Gasteiger partial charge is 0.343 e. The second kappa shape index (κ2) is 29.4. The first-order chi connectivity index (χ1) is 32.3. The number of carbonyl (C=O) groups excluding carboxylic acids is 2. The SMILES string of the molecule is CCCC(CCC)COCCCOc1ccc(N=Cc2ccc(C(=O)Oc3cccc(OC(=O)c4ccc(C=Nc5ccc(OCCCOCC(CCC)CCC)cc5)cc4)c3)cc2)cc1. The van der Waals surface area contributed by atoms with Gasteiger partial charge in [0.25, 0.3) is 0 Å². The van der Waals surface area contributed by atoms with E-state index in [9.17, 15) is 9.59 Å². The van der Waals surface area contributed by atoms with E-state index < -0.39 is 11.9 Å². The van der Waals surface area contributed by atoms with E-state index in [1.165, 1.54) is 57.4 Å². The summed E-state index contributed by atoms with van der Waals surface area (Å²) in [5.74, 6) is 2.29. The molecule has 0 saturated heterocycles. The van der Waals surface area contributed by atoms with E-state index in [1.54, 1.807) is 79.2 Å². The summed E-state index contributed by atoms with van der Waals surface area (Å²) < 4.78 is 34.8. The first-order valence-electron chi connectivity index (χ1n) is 23.8. The molecule has 0 radical (unpaired) electrons. The molecular formula is C56H68N2O8.